The van der Waals surface area contributed by atoms with Crippen molar-refractivity contribution in [3.63, 3.8) is 0 Å². The Balaban J connectivity index is 2.36. The maximum Gasteiger partial charge on any atom is 0.139 e. The molecule has 0 saturated heterocycles. The monoisotopic (exact) mass is 294 g/mol. The van der Waals surface area contributed by atoms with Crippen molar-refractivity contribution >= 4 is 26.8 Å². The smallest absolute Gasteiger partial charge is 0.139 e. The highest BCUT2D eigenvalue weighted by Gasteiger charge is 2.19. The molecular weight excluding hydrogens is 280 g/mol. The van der Waals surface area contributed by atoms with E-state index < -0.39 is 0 Å². The number of aromatic nitrogens is 1. The molecule has 0 atom stereocenters. The van der Waals surface area contributed by atoms with E-state index in [2.05, 4.69) is 33.2 Å². The molecular formula is C13H15BrN2O. The average molecular weight is 295 g/mol. The van der Waals surface area contributed by atoms with Crippen LogP contribution in [0.4, 0.5) is 0 Å². The first kappa shape index (κ1) is 11.1. The van der Waals surface area contributed by atoms with E-state index in [-0.39, 0.29) is 0 Å². The van der Waals surface area contributed by atoms with Crippen molar-refractivity contribution < 1.29 is 5.11 Å². The second kappa shape index (κ2) is 4.03. The Morgan fingerprint density at radius 1 is 1.29 bits per heavy atom. The summed E-state index contributed by atoms with van der Waals surface area (Å²) in [5.41, 5.74) is 4.79. The van der Waals surface area contributed by atoms with Crippen molar-refractivity contribution in [1.82, 2.24) is 10.3 Å². The van der Waals surface area contributed by atoms with Gasteiger partial charge in [0.2, 0.25) is 0 Å². The zero-order chi connectivity index (χ0) is 12.0. The Kier molecular flexibility index (Phi) is 2.64. The molecule has 1 aromatic carbocycles. The van der Waals surface area contributed by atoms with Crippen molar-refractivity contribution in [3.8, 4) is 5.75 Å². The van der Waals surface area contributed by atoms with Crippen LogP contribution in [0.25, 0.3) is 10.9 Å². The molecule has 0 bridgehead atoms. The largest absolute Gasteiger partial charge is 0.506 e. The number of aryl methyl sites for hydroxylation is 1. The van der Waals surface area contributed by atoms with Crippen molar-refractivity contribution in [1.29, 1.82) is 0 Å². The van der Waals surface area contributed by atoms with E-state index in [0.29, 0.717) is 5.75 Å². The normalized spacial score (nSPS) is 15.9. The molecule has 0 aliphatic carbocycles. The lowest BCUT2D eigenvalue weighted by molar-refractivity contribution is 0.478. The summed E-state index contributed by atoms with van der Waals surface area (Å²) < 4.78 is 0.779. The second-order valence-electron chi connectivity index (χ2n) is 4.61. The molecule has 90 valence electrons. The molecule has 2 aromatic rings. The minimum atomic E-state index is 0.366. The zero-order valence-corrected chi connectivity index (χ0v) is 11.3. The number of phenolic OH excluding ortho intramolecular Hbond substituents is 1. The van der Waals surface area contributed by atoms with E-state index in [9.17, 15) is 5.11 Å². The molecule has 3 rings (SSSR count). The molecule has 1 aromatic heterocycles. The molecule has 4 heteroatoms. The number of rotatable bonds is 0. The Morgan fingerprint density at radius 3 is 2.88 bits per heavy atom. The maximum absolute atomic E-state index is 10.2. The van der Waals surface area contributed by atoms with Gasteiger partial charge in [0.1, 0.15) is 5.75 Å². The van der Waals surface area contributed by atoms with Gasteiger partial charge in [0, 0.05) is 24.0 Å². The first-order chi connectivity index (χ1) is 8.18. The third-order valence-corrected chi connectivity index (χ3v) is 4.10. The third-order valence-electron chi connectivity index (χ3n) is 3.50. The van der Waals surface area contributed by atoms with E-state index >= 15 is 0 Å². The van der Waals surface area contributed by atoms with Crippen LogP contribution < -0.4 is 5.32 Å². The molecule has 1 aliphatic rings. The van der Waals surface area contributed by atoms with Crippen LogP contribution in [0.15, 0.2) is 10.5 Å². The number of benzene rings is 1. The molecule has 0 unspecified atom stereocenters. The number of halogens is 1. The highest BCUT2D eigenvalue weighted by Crippen LogP contribution is 2.38. The molecule has 0 radical (unpaired) electrons. The number of H-pyrrole nitrogens is 1. The summed E-state index contributed by atoms with van der Waals surface area (Å²) in [4.78, 5) is 3.47. The molecule has 0 spiro atoms. The van der Waals surface area contributed by atoms with Gasteiger partial charge in [-0.15, -0.1) is 0 Å². The van der Waals surface area contributed by atoms with Crippen molar-refractivity contribution in [2.45, 2.75) is 19.8 Å². The fraction of sp³-hybridized carbons (Fsp3) is 0.385. The van der Waals surface area contributed by atoms with Gasteiger partial charge in [0.15, 0.2) is 0 Å². The Morgan fingerprint density at radius 2 is 2.06 bits per heavy atom. The summed E-state index contributed by atoms with van der Waals surface area (Å²) in [6.45, 7) is 4.05. The van der Waals surface area contributed by atoms with Gasteiger partial charge in [-0.1, -0.05) is 0 Å². The van der Waals surface area contributed by atoms with Gasteiger partial charge in [0.05, 0.1) is 9.99 Å². The number of hydrogen-bond acceptors (Lipinski definition) is 2. The number of phenols is 1. The fourth-order valence-corrected chi connectivity index (χ4v) is 3.18. The highest BCUT2D eigenvalue weighted by atomic mass is 79.9. The molecule has 0 amide bonds. The van der Waals surface area contributed by atoms with Crippen molar-refractivity contribution in [2.75, 3.05) is 13.1 Å². The minimum Gasteiger partial charge on any atom is -0.506 e. The number of hydrogen-bond donors (Lipinski definition) is 3. The fourth-order valence-electron chi connectivity index (χ4n) is 2.64. The first-order valence-corrected chi connectivity index (χ1v) is 6.70. The topological polar surface area (TPSA) is 48.0 Å². The predicted molar refractivity (Wildman–Crippen MR) is 72.7 cm³/mol. The van der Waals surface area contributed by atoms with E-state index in [1.165, 1.54) is 16.8 Å². The molecule has 17 heavy (non-hydrogen) atoms. The summed E-state index contributed by atoms with van der Waals surface area (Å²) in [7, 11) is 0. The van der Waals surface area contributed by atoms with Crippen LogP contribution in [-0.4, -0.2) is 23.2 Å². The van der Waals surface area contributed by atoms with E-state index in [1.54, 1.807) is 0 Å². The third kappa shape index (κ3) is 1.67. The lowest BCUT2D eigenvalue weighted by Crippen LogP contribution is -2.16. The molecule has 2 heterocycles. The predicted octanol–water partition coefficient (Wildman–Crippen LogP) is 2.63. The molecule has 3 nitrogen and oxygen atoms in total. The van der Waals surface area contributed by atoms with E-state index in [4.69, 9.17) is 0 Å². The van der Waals surface area contributed by atoms with E-state index in [1.807, 2.05) is 6.07 Å². The summed E-state index contributed by atoms with van der Waals surface area (Å²) >= 11 is 3.42. The zero-order valence-electron chi connectivity index (χ0n) is 9.73. The van der Waals surface area contributed by atoms with E-state index in [0.717, 1.165) is 41.3 Å². The standard InChI is InChI=1S/C13H15BrN2O/c1-7-6-9(14)13(17)11-8-2-4-15-5-3-10(8)16-12(7)11/h6,15-17H,2-5H2,1H3. The van der Waals surface area contributed by atoms with Crippen LogP contribution in [0.5, 0.6) is 5.75 Å². The summed E-state index contributed by atoms with van der Waals surface area (Å²) in [6, 6.07) is 1.96. The van der Waals surface area contributed by atoms with Gasteiger partial charge in [-0.05, 0) is 53.0 Å². The lowest BCUT2D eigenvalue weighted by Gasteiger charge is -2.05. The summed E-state index contributed by atoms with van der Waals surface area (Å²) in [5.74, 6) is 0.366. The van der Waals surface area contributed by atoms with Gasteiger partial charge >= 0.3 is 0 Å². The Labute approximate surface area is 108 Å². The van der Waals surface area contributed by atoms with Crippen LogP contribution in [-0.2, 0) is 12.8 Å². The van der Waals surface area contributed by atoms with Crippen LogP contribution in [0, 0.1) is 6.92 Å². The lowest BCUT2D eigenvalue weighted by atomic mass is 10.0. The van der Waals surface area contributed by atoms with Crippen molar-refractivity contribution in [3.05, 3.63) is 27.4 Å². The summed E-state index contributed by atoms with van der Waals surface area (Å²) in [5, 5.41) is 14.6. The Bertz CT molecular complexity index is 589. The SMILES string of the molecule is Cc1cc(Br)c(O)c2c3c([nH]c12)CCNCC3. The van der Waals surface area contributed by atoms with Gasteiger partial charge in [-0.2, -0.15) is 0 Å². The summed E-state index contributed by atoms with van der Waals surface area (Å²) in [6.07, 6.45) is 1.97. The average Bonchev–Trinajstić information content (AvgIpc) is 2.51. The van der Waals surface area contributed by atoms with Crippen LogP contribution in [0.3, 0.4) is 0 Å². The number of aromatic hydroxyl groups is 1. The quantitative estimate of drug-likeness (QED) is 0.700. The number of aromatic amines is 1. The van der Waals surface area contributed by atoms with Crippen LogP contribution in [0.1, 0.15) is 16.8 Å². The van der Waals surface area contributed by atoms with Crippen molar-refractivity contribution in [2.24, 2.45) is 0 Å². The molecule has 0 fully saturated rings. The van der Waals surface area contributed by atoms with Crippen LogP contribution >= 0.6 is 15.9 Å². The first-order valence-electron chi connectivity index (χ1n) is 5.90. The van der Waals surface area contributed by atoms with Gasteiger partial charge < -0.3 is 15.4 Å². The number of nitrogens with one attached hydrogen (secondary N) is 2. The molecule has 1 aliphatic heterocycles. The van der Waals surface area contributed by atoms with Gasteiger partial charge in [0.25, 0.3) is 0 Å². The maximum atomic E-state index is 10.2. The molecule has 3 N–H and O–H groups in total. The van der Waals surface area contributed by atoms with Crippen LogP contribution in [0.2, 0.25) is 0 Å². The van der Waals surface area contributed by atoms with Gasteiger partial charge in [-0.25, -0.2) is 0 Å². The highest BCUT2D eigenvalue weighted by molar-refractivity contribution is 9.10. The minimum absolute atomic E-state index is 0.366. The second-order valence-corrected chi connectivity index (χ2v) is 5.46. The number of fused-ring (bicyclic) bond motifs is 3. The Hall–Kier alpha value is -1.00. The van der Waals surface area contributed by atoms with Gasteiger partial charge in [-0.3, -0.25) is 0 Å². The molecule has 0 saturated carbocycles.